The quantitative estimate of drug-likeness (QED) is 0.483. The van der Waals surface area contributed by atoms with Gasteiger partial charge in [-0.15, -0.1) is 0 Å². The molecule has 0 aromatic rings. The number of ether oxygens (including phenoxy) is 3. The van der Waals surface area contributed by atoms with E-state index in [1.54, 1.807) is 13.8 Å². The van der Waals surface area contributed by atoms with Gasteiger partial charge < -0.3 is 19.3 Å². The Balaban J connectivity index is 2.54. The summed E-state index contributed by atoms with van der Waals surface area (Å²) in [5.74, 6) is -2.37. The van der Waals surface area contributed by atoms with E-state index in [1.807, 2.05) is 32.9 Å². The van der Waals surface area contributed by atoms with Crippen molar-refractivity contribution in [2.45, 2.75) is 84.7 Å². The lowest BCUT2D eigenvalue weighted by atomic mass is 9.86. The zero-order chi connectivity index (χ0) is 24.0. The number of methoxy groups -OCH3 is 1. The zero-order valence-electron chi connectivity index (χ0n) is 20.1. The van der Waals surface area contributed by atoms with Gasteiger partial charge in [-0.1, -0.05) is 52.3 Å². The van der Waals surface area contributed by atoms with Gasteiger partial charge in [0.25, 0.3) is 0 Å². The molecule has 32 heavy (non-hydrogen) atoms. The second-order valence-electron chi connectivity index (χ2n) is 9.40. The number of Topliss-reactive ketones (excluding diaryl/α,β-unsaturated/α-hetero) is 1. The van der Waals surface area contributed by atoms with Gasteiger partial charge in [-0.25, -0.2) is 4.79 Å². The third-order valence-electron chi connectivity index (χ3n) is 6.60. The number of aliphatic hydroxyl groups is 1. The number of ketones is 1. The molecule has 7 heteroatoms. The number of esters is 2. The minimum Gasteiger partial charge on any atom is -0.455 e. The van der Waals surface area contributed by atoms with Crippen molar-refractivity contribution in [3.05, 3.63) is 23.8 Å². The van der Waals surface area contributed by atoms with Crippen molar-refractivity contribution in [3.63, 3.8) is 0 Å². The monoisotopic (exact) mass is 450 g/mol. The van der Waals surface area contributed by atoms with E-state index in [0.29, 0.717) is 0 Å². The van der Waals surface area contributed by atoms with Crippen molar-refractivity contribution in [2.24, 2.45) is 23.7 Å². The van der Waals surface area contributed by atoms with E-state index in [9.17, 15) is 19.5 Å². The van der Waals surface area contributed by atoms with Gasteiger partial charge >= 0.3 is 11.9 Å². The molecule has 1 N–H and O–H groups in total. The van der Waals surface area contributed by atoms with E-state index < -0.39 is 48.2 Å². The summed E-state index contributed by atoms with van der Waals surface area (Å²) in [6, 6.07) is 0. The van der Waals surface area contributed by atoms with Crippen LogP contribution in [0.25, 0.3) is 0 Å². The highest BCUT2D eigenvalue weighted by atomic mass is 16.6. The van der Waals surface area contributed by atoms with E-state index in [4.69, 9.17) is 14.2 Å². The van der Waals surface area contributed by atoms with E-state index in [0.717, 1.165) is 24.8 Å². The number of hydrogen-bond acceptors (Lipinski definition) is 7. The molecule has 7 nitrogen and oxygen atoms in total. The van der Waals surface area contributed by atoms with Crippen molar-refractivity contribution < 1.29 is 33.7 Å². The molecule has 0 aliphatic carbocycles. The summed E-state index contributed by atoms with van der Waals surface area (Å²) < 4.78 is 16.6. The SMILES string of the molecule is CO[C@@H]1CC(=O)O[C@H]2C(=O)O[C@H](/C(C)=C\[C@@H](C)C(=O)[C@@H]1C)[C@@H](C)CCC[C@@H](C)/C=C\[C@H]2O. The minimum absolute atomic E-state index is 0.00382. The second-order valence-corrected chi connectivity index (χ2v) is 9.40. The van der Waals surface area contributed by atoms with Gasteiger partial charge in [0, 0.05) is 18.9 Å². The molecule has 0 saturated heterocycles. The lowest BCUT2D eigenvalue weighted by molar-refractivity contribution is -0.179. The van der Waals surface area contributed by atoms with Crippen LogP contribution in [0.5, 0.6) is 0 Å². The van der Waals surface area contributed by atoms with Crippen LogP contribution >= 0.6 is 0 Å². The fourth-order valence-electron chi connectivity index (χ4n) is 4.51. The first-order valence-corrected chi connectivity index (χ1v) is 11.6. The van der Waals surface area contributed by atoms with E-state index in [-0.39, 0.29) is 24.0 Å². The highest BCUT2D eigenvalue weighted by Gasteiger charge is 2.37. The van der Waals surface area contributed by atoms with E-state index >= 15 is 0 Å². The fourth-order valence-corrected chi connectivity index (χ4v) is 4.51. The van der Waals surface area contributed by atoms with Gasteiger partial charge in [-0.3, -0.25) is 9.59 Å². The molecule has 0 aromatic heterocycles. The smallest absolute Gasteiger partial charge is 0.351 e. The highest BCUT2D eigenvalue weighted by molar-refractivity contribution is 5.86. The average Bonchev–Trinajstić information content (AvgIpc) is 2.75. The first kappa shape index (κ1) is 26.3. The van der Waals surface area contributed by atoms with Crippen LogP contribution in [0.2, 0.25) is 0 Å². The summed E-state index contributed by atoms with van der Waals surface area (Å²) in [4.78, 5) is 38.8. The van der Waals surface area contributed by atoms with Gasteiger partial charge in [0.05, 0.1) is 12.5 Å². The number of rotatable bonds is 1. The Morgan fingerprint density at radius 1 is 1.00 bits per heavy atom. The van der Waals surface area contributed by atoms with Crippen molar-refractivity contribution in [2.75, 3.05) is 7.11 Å². The zero-order valence-corrected chi connectivity index (χ0v) is 20.1. The first-order chi connectivity index (χ1) is 15.0. The van der Waals surface area contributed by atoms with Crippen LogP contribution in [0.1, 0.15) is 60.3 Å². The summed E-state index contributed by atoms with van der Waals surface area (Å²) in [6.07, 6.45) is 3.52. The molecular formula is C25H38O7. The Labute approximate surface area is 191 Å². The van der Waals surface area contributed by atoms with Gasteiger partial charge in [0.15, 0.2) is 0 Å². The van der Waals surface area contributed by atoms with Crippen molar-refractivity contribution in [1.82, 2.24) is 0 Å². The molecule has 2 heterocycles. The second kappa shape index (κ2) is 11.8. The Kier molecular flexibility index (Phi) is 9.64. The molecule has 0 radical (unpaired) electrons. The maximum atomic E-state index is 13.1. The molecule has 2 rings (SSSR count). The summed E-state index contributed by atoms with van der Waals surface area (Å²) in [5, 5.41) is 10.7. The molecule has 0 unspecified atom stereocenters. The van der Waals surface area contributed by atoms with Crippen molar-refractivity contribution >= 4 is 17.7 Å². The van der Waals surface area contributed by atoms with Crippen LogP contribution in [0, 0.1) is 23.7 Å². The highest BCUT2D eigenvalue weighted by Crippen LogP contribution is 2.28. The van der Waals surface area contributed by atoms with Crippen LogP contribution in [0.3, 0.4) is 0 Å². The largest absolute Gasteiger partial charge is 0.455 e. The summed E-state index contributed by atoms with van der Waals surface area (Å²) in [7, 11) is 1.43. The fraction of sp³-hybridized carbons (Fsp3) is 0.720. The van der Waals surface area contributed by atoms with Gasteiger partial charge in [-0.2, -0.15) is 0 Å². The summed E-state index contributed by atoms with van der Waals surface area (Å²) in [6.45, 7) is 9.43. The molecule has 0 aromatic carbocycles. The van der Waals surface area contributed by atoms with E-state index in [2.05, 4.69) is 0 Å². The number of fused-ring (bicyclic) bond motifs is 3. The van der Waals surface area contributed by atoms with Crippen LogP contribution in [-0.2, 0) is 28.6 Å². The lowest BCUT2D eigenvalue weighted by Gasteiger charge is -2.29. The Morgan fingerprint density at radius 2 is 1.69 bits per heavy atom. The topological polar surface area (TPSA) is 99.1 Å². The molecular weight excluding hydrogens is 412 g/mol. The Bertz CT molecular complexity index is 741. The predicted molar refractivity (Wildman–Crippen MR) is 120 cm³/mol. The van der Waals surface area contributed by atoms with Crippen LogP contribution < -0.4 is 0 Å². The third-order valence-corrected chi connectivity index (χ3v) is 6.60. The third kappa shape index (κ3) is 6.75. The molecule has 0 amide bonds. The summed E-state index contributed by atoms with van der Waals surface area (Å²) >= 11 is 0. The number of carbonyl (C=O) groups is 3. The van der Waals surface area contributed by atoms with Crippen LogP contribution in [0.4, 0.5) is 0 Å². The number of aliphatic hydroxyl groups excluding tert-OH is 1. The summed E-state index contributed by atoms with van der Waals surface area (Å²) in [5.41, 5.74) is 0.771. The maximum absolute atomic E-state index is 13.1. The molecule has 0 spiro atoms. The minimum atomic E-state index is -1.49. The van der Waals surface area contributed by atoms with Crippen LogP contribution in [-0.4, -0.2) is 54.4 Å². The standard InChI is InChI=1S/C25H38O7/c1-14-8-7-9-15(2)23-17(4)12-16(3)22(28)18(5)20(30-6)13-21(27)31-24(25(29)32-23)19(26)11-10-14/h10-12,14-16,18-20,23-24,26H,7-9,13H2,1-6H3/b11-10-,17-12-/t14-,15+,16-,18-,19-,20-,23+,24-/m1/s1. The number of carbonyl (C=O) groups excluding carboxylic acids is 3. The molecule has 8 atom stereocenters. The molecule has 2 aliphatic rings. The molecule has 0 saturated carbocycles. The van der Waals surface area contributed by atoms with Crippen molar-refractivity contribution in [1.29, 1.82) is 0 Å². The molecule has 180 valence electrons. The van der Waals surface area contributed by atoms with Gasteiger partial charge in [0.2, 0.25) is 6.10 Å². The normalized spacial score (nSPS) is 40.8. The predicted octanol–water partition coefficient (Wildman–Crippen LogP) is 3.39. The van der Waals surface area contributed by atoms with Crippen molar-refractivity contribution in [3.8, 4) is 0 Å². The first-order valence-electron chi connectivity index (χ1n) is 11.6. The Hall–Kier alpha value is -1.99. The van der Waals surface area contributed by atoms with Gasteiger partial charge in [0.1, 0.15) is 18.0 Å². The maximum Gasteiger partial charge on any atom is 0.351 e. The molecule has 2 bridgehead atoms. The molecule has 2 aliphatic heterocycles. The van der Waals surface area contributed by atoms with Gasteiger partial charge in [-0.05, 0) is 37.2 Å². The average molecular weight is 451 g/mol. The Morgan fingerprint density at radius 3 is 2.34 bits per heavy atom. The van der Waals surface area contributed by atoms with E-state index in [1.165, 1.54) is 13.2 Å². The lowest BCUT2D eigenvalue weighted by Crippen LogP contribution is -2.42. The number of hydrogen-bond donors (Lipinski definition) is 1. The molecule has 0 fully saturated rings. The van der Waals surface area contributed by atoms with Crippen LogP contribution in [0.15, 0.2) is 23.8 Å². The number of allylic oxidation sites excluding steroid dienone is 2.